The van der Waals surface area contributed by atoms with Crippen LogP contribution in [-0.4, -0.2) is 26.1 Å². The van der Waals surface area contributed by atoms with Gasteiger partial charge in [0.05, 0.1) is 11.8 Å². The summed E-state index contributed by atoms with van der Waals surface area (Å²) in [6.07, 6.45) is 8.58. The summed E-state index contributed by atoms with van der Waals surface area (Å²) < 4.78 is 0. The van der Waals surface area contributed by atoms with E-state index < -0.39 is 0 Å². The maximum atomic E-state index is 12.5. The van der Waals surface area contributed by atoms with Crippen LogP contribution < -0.4 is 5.32 Å². The van der Waals surface area contributed by atoms with Crippen molar-refractivity contribution >= 4 is 22.5 Å². The molecule has 0 saturated carbocycles. The van der Waals surface area contributed by atoms with Crippen LogP contribution in [0.15, 0.2) is 61.3 Å². The Morgan fingerprint density at radius 1 is 1.04 bits per heavy atom. The second-order valence-electron chi connectivity index (χ2n) is 5.14. The fourth-order valence-corrected chi connectivity index (χ4v) is 2.53. The van der Waals surface area contributed by atoms with Crippen molar-refractivity contribution in [1.29, 1.82) is 0 Å². The van der Waals surface area contributed by atoms with Crippen molar-refractivity contribution in [2.75, 3.05) is 5.32 Å². The Morgan fingerprint density at radius 3 is 2.70 bits per heavy atom. The molecular formula is C17H13N5O. The summed E-state index contributed by atoms with van der Waals surface area (Å²) in [6.45, 7) is 0. The third kappa shape index (κ3) is 2.46. The van der Waals surface area contributed by atoms with E-state index in [0.29, 0.717) is 11.3 Å². The van der Waals surface area contributed by atoms with E-state index in [9.17, 15) is 4.79 Å². The van der Waals surface area contributed by atoms with Crippen molar-refractivity contribution in [3.63, 3.8) is 0 Å². The van der Waals surface area contributed by atoms with Gasteiger partial charge in [-0.2, -0.15) is 5.10 Å². The maximum Gasteiger partial charge on any atom is 0.257 e. The van der Waals surface area contributed by atoms with Crippen molar-refractivity contribution < 1.29 is 4.79 Å². The quantitative estimate of drug-likeness (QED) is 0.543. The standard InChI is InChI=1S/C17H13N5O/c23-17(22-13-3-5-18-6-4-13)15-10-19-16-2-1-11(7-14(15)16)12-8-20-21-9-12/h1-10,19H,(H,20,21)(H,18,22,23). The third-order valence-electron chi connectivity index (χ3n) is 3.70. The Hall–Kier alpha value is -3.41. The fourth-order valence-electron chi connectivity index (χ4n) is 2.53. The van der Waals surface area contributed by atoms with Gasteiger partial charge in [0.15, 0.2) is 0 Å². The minimum absolute atomic E-state index is 0.160. The zero-order valence-electron chi connectivity index (χ0n) is 12.1. The molecule has 0 fully saturated rings. The summed E-state index contributed by atoms with van der Waals surface area (Å²) in [4.78, 5) is 19.6. The number of hydrogen-bond donors (Lipinski definition) is 3. The van der Waals surface area contributed by atoms with Gasteiger partial charge in [0, 0.05) is 46.9 Å². The summed E-state index contributed by atoms with van der Waals surface area (Å²) in [7, 11) is 0. The molecule has 1 aromatic carbocycles. The van der Waals surface area contributed by atoms with Gasteiger partial charge in [0.2, 0.25) is 0 Å². The first-order valence-electron chi connectivity index (χ1n) is 7.13. The van der Waals surface area contributed by atoms with E-state index in [2.05, 4.69) is 25.5 Å². The fraction of sp³-hybridized carbons (Fsp3) is 0. The maximum absolute atomic E-state index is 12.5. The van der Waals surface area contributed by atoms with Crippen molar-refractivity contribution in [3.8, 4) is 11.1 Å². The Balaban J connectivity index is 1.72. The zero-order valence-corrected chi connectivity index (χ0v) is 12.1. The van der Waals surface area contributed by atoms with Gasteiger partial charge in [0.1, 0.15) is 0 Å². The number of aromatic amines is 2. The first-order valence-corrected chi connectivity index (χ1v) is 7.13. The van der Waals surface area contributed by atoms with Crippen molar-refractivity contribution in [1.82, 2.24) is 20.2 Å². The van der Waals surface area contributed by atoms with Crippen LogP contribution in [0.25, 0.3) is 22.0 Å². The molecule has 0 saturated heterocycles. The molecule has 3 N–H and O–H groups in total. The lowest BCUT2D eigenvalue weighted by molar-refractivity contribution is 0.102. The molecule has 1 amide bonds. The second kappa shape index (κ2) is 5.42. The molecule has 0 atom stereocenters. The molecule has 0 spiro atoms. The van der Waals surface area contributed by atoms with Gasteiger partial charge in [-0.1, -0.05) is 6.07 Å². The van der Waals surface area contributed by atoms with E-state index in [0.717, 1.165) is 22.0 Å². The number of nitrogens with one attached hydrogen (secondary N) is 3. The predicted molar refractivity (Wildman–Crippen MR) is 88.1 cm³/mol. The molecule has 0 aliphatic heterocycles. The van der Waals surface area contributed by atoms with E-state index in [4.69, 9.17) is 0 Å². The lowest BCUT2D eigenvalue weighted by Gasteiger charge is -2.04. The molecule has 23 heavy (non-hydrogen) atoms. The molecule has 3 heterocycles. The summed E-state index contributed by atoms with van der Waals surface area (Å²) in [5, 5.41) is 10.5. The lowest BCUT2D eigenvalue weighted by atomic mass is 10.1. The Bertz CT molecular complexity index is 957. The first kappa shape index (κ1) is 13.3. The van der Waals surface area contributed by atoms with Gasteiger partial charge in [0.25, 0.3) is 5.91 Å². The third-order valence-corrected chi connectivity index (χ3v) is 3.70. The van der Waals surface area contributed by atoms with Crippen LogP contribution in [0.5, 0.6) is 0 Å². The van der Waals surface area contributed by atoms with Crippen LogP contribution in [0.1, 0.15) is 10.4 Å². The van der Waals surface area contributed by atoms with E-state index >= 15 is 0 Å². The van der Waals surface area contributed by atoms with Crippen LogP contribution in [0, 0.1) is 0 Å². The number of nitrogens with zero attached hydrogens (tertiary/aromatic N) is 2. The Labute approximate surface area is 131 Å². The molecule has 3 aromatic heterocycles. The minimum atomic E-state index is -0.160. The highest BCUT2D eigenvalue weighted by atomic mass is 16.1. The van der Waals surface area contributed by atoms with Crippen LogP contribution in [0.4, 0.5) is 5.69 Å². The van der Waals surface area contributed by atoms with E-state index in [1.54, 1.807) is 36.9 Å². The van der Waals surface area contributed by atoms with Gasteiger partial charge in [-0.05, 0) is 29.8 Å². The van der Waals surface area contributed by atoms with Gasteiger partial charge in [-0.3, -0.25) is 14.9 Å². The van der Waals surface area contributed by atoms with Gasteiger partial charge >= 0.3 is 0 Å². The SMILES string of the molecule is O=C(Nc1ccncc1)c1c[nH]c2ccc(-c3cn[nH]c3)cc12. The molecule has 0 unspecified atom stereocenters. The summed E-state index contributed by atoms with van der Waals surface area (Å²) in [6, 6.07) is 9.45. The number of benzene rings is 1. The van der Waals surface area contributed by atoms with E-state index in [1.807, 2.05) is 24.4 Å². The van der Waals surface area contributed by atoms with Crippen LogP contribution in [0.3, 0.4) is 0 Å². The molecule has 112 valence electrons. The first-order chi connectivity index (χ1) is 11.3. The molecular weight excluding hydrogens is 290 g/mol. The normalized spacial score (nSPS) is 10.8. The molecule has 4 aromatic rings. The lowest BCUT2D eigenvalue weighted by Crippen LogP contribution is -2.11. The highest BCUT2D eigenvalue weighted by Gasteiger charge is 2.13. The number of carbonyl (C=O) groups is 1. The average molecular weight is 303 g/mol. The summed E-state index contributed by atoms with van der Waals surface area (Å²) in [5.41, 5.74) is 4.21. The van der Waals surface area contributed by atoms with E-state index in [1.165, 1.54) is 0 Å². The number of H-pyrrole nitrogens is 2. The Kier molecular flexibility index (Phi) is 3.12. The summed E-state index contributed by atoms with van der Waals surface area (Å²) in [5.74, 6) is -0.160. The number of hydrogen-bond acceptors (Lipinski definition) is 3. The van der Waals surface area contributed by atoms with Crippen LogP contribution >= 0.6 is 0 Å². The van der Waals surface area contributed by atoms with Crippen molar-refractivity contribution in [2.24, 2.45) is 0 Å². The second-order valence-corrected chi connectivity index (χ2v) is 5.14. The monoisotopic (exact) mass is 303 g/mol. The van der Waals surface area contributed by atoms with Gasteiger partial charge < -0.3 is 10.3 Å². The number of aromatic nitrogens is 4. The average Bonchev–Trinajstić information content (AvgIpc) is 3.25. The van der Waals surface area contributed by atoms with Crippen molar-refractivity contribution in [2.45, 2.75) is 0 Å². The topological polar surface area (TPSA) is 86.5 Å². The highest BCUT2D eigenvalue weighted by Crippen LogP contribution is 2.26. The van der Waals surface area contributed by atoms with Gasteiger partial charge in [-0.15, -0.1) is 0 Å². The van der Waals surface area contributed by atoms with Crippen LogP contribution in [0.2, 0.25) is 0 Å². The minimum Gasteiger partial charge on any atom is -0.360 e. The number of pyridine rings is 1. The zero-order chi connectivity index (χ0) is 15.6. The number of anilines is 1. The molecule has 6 heteroatoms. The Morgan fingerprint density at radius 2 is 1.91 bits per heavy atom. The van der Waals surface area contributed by atoms with Gasteiger partial charge in [-0.25, -0.2) is 0 Å². The molecule has 4 rings (SSSR count). The molecule has 0 aliphatic rings. The van der Waals surface area contributed by atoms with E-state index in [-0.39, 0.29) is 5.91 Å². The smallest absolute Gasteiger partial charge is 0.257 e. The highest BCUT2D eigenvalue weighted by molar-refractivity contribution is 6.13. The van der Waals surface area contributed by atoms with Crippen LogP contribution in [-0.2, 0) is 0 Å². The number of carbonyl (C=O) groups excluding carboxylic acids is 1. The number of rotatable bonds is 3. The predicted octanol–water partition coefficient (Wildman–Crippen LogP) is 3.21. The number of fused-ring (bicyclic) bond motifs is 1. The van der Waals surface area contributed by atoms with Crippen molar-refractivity contribution in [3.05, 3.63) is 66.9 Å². The molecule has 0 radical (unpaired) electrons. The molecule has 6 nitrogen and oxygen atoms in total. The largest absolute Gasteiger partial charge is 0.360 e. The summed E-state index contributed by atoms with van der Waals surface area (Å²) >= 11 is 0. The molecule has 0 bridgehead atoms. The molecule has 0 aliphatic carbocycles. The number of amides is 1.